The molecule has 0 spiro atoms. The number of hydrogen-bond acceptors (Lipinski definition) is 4. The van der Waals surface area contributed by atoms with Crippen molar-refractivity contribution >= 4 is 11.7 Å². The van der Waals surface area contributed by atoms with Crippen LogP contribution in [0.3, 0.4) is 0 Å². The zero-order valence-electron chi connectivity index (χ0n) is 11.5. The van der Waals surface area contributed by atoms with Gasteiger partial charge in [0.1, 0.15) is 6.61 Å². The van der Waals surface area contributed by atoms with Gasteiger partial charge in [-0.1, -0.05) is 12.1 Å². The summed E-state index contributed by atoms with van der Waals surface area (Å²) in [7, 11) is 0. The lowest BCUT2D eigenvalue weighted by molar-refractivity contribution is -0.148. The molecule has 1 aliphatic rings. The van der Waals surface area contributed by atoms with Crippen molar-refractivity contribution in [2.45, 2.75) is 44.8 Å². The normalized spacial score (nSPS) is 24.1. The smallest absolute Gasteiger partial charge is 0.313 e. The highest BCUT2D eigenvalue weighted by Crippen LogP contribution is 2.22. The molecule has 3 atom stereocenters. The van der Waals surface area contributed by atoms with Gasteiger partial charge in [-0.25, -0.2) is 0 Å². The molecular formula is C15H21NO3. The van der Waals surface area contributed by atoms with Crippen LogP contribution in [-0.2, 0) is 14.3 Å². The first-order chi connectivity index (χ1) is 9.06. The summed E-state index contributed by atoms with van der Waals surface area (Å²) in [4.78, 5) is 12.0. The van der Waals surface area contributed by atoms with Crippen LogP contribution in [0.5, 0.6) is 0 Å². The van der Waals surface area contributed by atoms with Crippen molar-refractivity contribution in [2.24, 2.45) is 0 Å². The van der Waals surface area contributed by atoms with Crippen LogP contribution < -0.4 is 5.73 Å². The number of hydrogen-bond donors (Lipinski definition) is 1. The molecule has 2 N–H and O–H groups in total. The van der Waals surface area contributed by atoms with Crippen molar-refractivity contribution in [2.75, 3.05) is 12.3 Å². The monoisotopic (exact) mass is 263 g/mol. The number of rotatable bonds is 4. The van der Waals surface area contributed by atoms with Crippen molar-refractivity contribution in [1.29, 1.82) is 0 Å². The van der Waals surface area contributed by atoms with E-state index in [2.05, 4.69) is 0 Å². The fourth-order valence-electron chi connectivity index (χ4n) is 2.27. The van der Waals surface area contributed by atoms with E-state index in [9.17, 15) is 4.79 Å². The van der Waals surface area contributed by atoms with Gasteiger partial charge in [0.2, 0.25) is 0 Å². The molecule has 0 aromatic heterocycles. The zero-order chi connectivity index (χ0) is 13.8. The van der Waals surface area contributed by atoms with E-state index < -0.39 is 0 Å². The van der Waals surface area contributed by atoms with E-state index in [1.807, 2.05) is 26.0 Å². The quantitative estimate of drug-likeness (QED) is 0.669. The van der Waals surface area contributed by atoms with Crippen molar-refractivity contribution in [3.05, 3.63) is 29.8 Å². The lowest BCUT2D eigenvalue weighted by Crippen LogP contribution is -2.21. The average molecular weight is 263 g/mol. The summed E-state index contributed by atoms with van der Waals surface area (Å²) in [5.74, 6) is -0.531. The minimum atomic E-state index is -0.303. The van der Waals surface area contributed by atoms with Crippen molar-refractivity contribution in [3.63, 3.8) is 0 Å². The number of benzene rings is 1. The Morgan fingerprint density at radius 2 is 2.32 bits per heavy atom. The number of carbonyl (C=O) groups is 1. The van der Waals surface area contributed by atoms with Crippen LogP contribution in [0, 0.1) is 0 Å². The molecule has 0 amide bonds. The first kappa shape index (κ1) is 13.9. The minimum absolute atomic E-state index is 0.0481. The van der Waals surface area contributed by atoms with Gasteiger partial charge in [0, 0.05) is 5.69 Å². The number of anilines is 1. The first-order valence-corrected chi connectivity index (χ1v) is 6.74. The molecule has 4 nitrogen and oxygen atoms in total. The van der Waals surface area contributed by atoms with E-state index in [1.54, 1.807) is 12.1 Å². The predicted molar refractivity (Wildman–Crippen MR) is 73.8 cm³/mol. The van der Waals surface area contributed by atoms with E-state index in [-0.39, 0.29) is 24.1 Å². The topological polar surface area (TPSA) is 61.5 Å². The highest BCUT2D eigenvalue weighted by molar-refractivity contribution is 5.78. The molecule has 0 saturated carbocycles. The third kappa shape index (κ3) is 3.70. The number of nitrogen functional groups attached to an aromatic ring is 1. The van der Waals surface area contributed by atoms with Crippen LogP contribution in [0.1, 0.15) is 38.2 Å². The number of nitrogens with two attached hydrogens (primary N) is 1. The highest BCUT2D eigenvalue weighted by Gasteiger charge is 2.24. The second kappa shape index (κ2) is 6.06. The summed E-state index contributed by atoms with van der Waals surface area (Å²) in [6, 6.07) is 7.34. The molecule has 19 heavy (non-hydrogen) atoms. The van der Waals surface area contributed by atoms with E-state index in [0.717, 1.165) is 18.4 Å². The van der Waals surface area contributed by atoms with Gasteiger partial charge in [-0.2, -0.15) is 0 Å². The maximum absolute atomic E-state index is 12.0. The Morgan fingerprint density at radius 1 is 1.53 bits per heavy atom. The summed E-state index contributed by atoms with van der Waals surface area (Å²) in [5, 5.41) is 0. The minimum Gasteiger partial charge on any atom is -0.462 e. The Hall–Kier alpha value is -1.55. The molecule has 1 aromatic rings. The van der Waals surface area contributed by atoms with Crippen LogP contribution in [0.2, 0.25) is 0 Å². The predicted octanol–water partition coefficient (Wildman–Crippen LogP) is 2.48. The molecule has 0 bridgehead atoms. The first-order valence-electron chi connectivity index (χ1n) is 6.74. The number of carbonyl (C=O) groups excluding carboxylic acids is 1. The Labute approximate surface area is 113 Å². The summed E-state index contributed by atoms with van der Waals surface area (Å²) in [5.41, 5.74) is 7.25. The largest absolute Gasteiger partial charge is 0.462 e. The van der Waals surface area contributed by atoms with E-state index in [0.29, 0.717) is 12.3 Å². The van der Waals surface area contributed by atoms with Gasteiger partial charge in [-0.3, -0.25) is 4.79 Å². The molecule has 104 valence electrons. The zero-order valence-corrected chi connectivity index (χ0v) is 11.5. The standard InChI is InChI=1S/C15H21NO3/c1-10-6-7-14(19-10)9-18-15(17)11(2)12-4-3-5-13(16)8-12/h3-5,8,10-11,14H,6-7,9,16H2,1-2H3. The molecule has 0 aliphatic carbocycles. The maximum Gasteiger partial charge on any atom is 0.313 e. The van der Waals surface area contributed by atoms with Crippen LogP contribution >= 0.6 is 0 Å². The molecular weight excluding hydrogens is 242 g/mol. The third-order valence-electron chi connectivity index (χ3n) is 3.50. The highest BCUT2D eigenvalue weighted by atomic mass is 16.6. The van der Waals surface area contributed by atoms with Gasteiger partial charge in [-0.15, -0.1) is 0 Å². The van der Waals surface area contributed by atoms with Gasteiger partial charge >= 0.3 is 5.97 Å². The second-order valence-electron chi connectivity index (χ2n) is 5.17. The van der Waals surface area contributed by atoms with Gasteiger partial charge in [0.15, 0.2) is 0 Å². The van der Waals surface area contributed by atoms with Gasteiger partial charge < -0.3 is 15.2 Å². The van der Waals surface area contributed by atoms with Crippen LogP contribution in [0.15, 0.2) is 24.3 Å². The van der Waals surface area contributed by atoms with E-state index in [4.69, 9.17) is 15.2 Å². The molecule has 3 unspecified atom stereocenters. The van der Waals surface area contributed by atoms with Gasteiger partial charge in [-0.05, 0) is 44.4 Å². The van der Waals surface area contributed by atoms with Crippen molar-refractivity contribution in [1.82, 2.24) is 0 Å². The van der Waals surface area contributed by atoms with E-state index in [1.165, 1.54) is 0 Å². The average Bonchev–Trinajstić information content (AvgIpc) is 2.81. The molecule has 0 radical (unpaired) electrons. The Kier molecular flexibility index (Phi) is 4.43. The van der Waals surface area contributed by atoms with Crippen LogP contribution in [0.4, 0.5) is 5.69 Å². The summed E-state index contributed by atoms with van der Waals surface area (Å²) >= 11 is 0. The SMILES string of the molecule is CC1CCC(COC(=O)C(C)c2cccc(N)c2)O1. The van der Waals surface area contributed by atoms with Crippen molar-refractivity contribution in [3.8, 4) is 0 Å². The lowest BCUT2D eigenvalue weighted by Gasteiger charge is -2.15. The van der Waals surface area contributed by atoms with Crippen molar-refractivity contribution < 1.29 is 14.3 Å². The molecule has 1 saturated heterocycles. The Morgan fingerprint density at radius 3 is 2.95 bits per heavy atom. The summed E-state index contributed by atoms with van der Waals surface area (Å²) < 4.78 is 10.9. The van der Waals surface area contributed by atoms with Gasteiger partial charge in [0.05, 0.1) is 18.1 Å². The third-order valence-corrected chi connectivity index (χ3v) is 3.50. The molecule has 1 aromatic carbocycles. The fraction of sp³-hybridized carbons (Fsp3) is 0.533. The Bertz CT molecular complexity index is 447. The molecule has 4 heteroatoms. The van der Waals surface area contributed by atoms with E-state index >= 15 is 0 Å². The molecule has 1 fully saturated rings. The van der Waals surface area contributed by atoms with Crippen LogP contribution in [-0.4, -0.2) is 24.8 Å². The number of ether oxygens (including phenoxy) is 2. The summed E-state index contributed by atoms with van der Waals surface area (Å²) in [6.07, 6.45) is 2.32. The summed E-state index contributed by atoms with van der Waals surface area (Å²) in [6.45, 7) is 4.21. The fourth-order valence-corrected chi connectivity index (χ4v) is 2.27. The second-order valence-corrected chi connectivity index (χ2v) is 5.17. The molecule has 2 rings (SSSR count). The molecule has 1 aliphatic heterocycles. The molecule has 1 heterocycles. The van der Waals surface area contributed by atoms with Gasteiger partial charge in [0.25, 0.3) is 0 Å². The lowest BCUT2D eigenvalue weighted by atomic mass is 10.0. The Balaban J connectivity index is 1.85. The van der Waals surface area contributed by atoms with Crippen LogP contribution in [0.25, 0.3) is 0 Å². The maximum atomic E-state index is 12.0. The number of esters is 1.